The Labute approximate surface area is 122 Å². The number of esters is 1. The highest BCUT2D eigenvalue weighted by Crippen LogP contribution is 2.25. The van der Waals surface area contributed by atoms with E-state index >= 15 is 0 Å². The molecule has 0 aliphatic heterocycles. The molecule has 1 aliphatic rings. The molecule has 1 aromatic rings. The standard InChI is InChI=1S/C13H15NO6S/c1-19-11-6-5-8(21(14,17)18)7-9(11)13(16)20-12-4-2-3-10(12)15/h5-7,12H,2-4H2,1H3,(H2,14,17,18)/t12-/m1/s1. The maximum absolute atomic E-state index is 12.1. The number of benzene rings is 1. The summed E-state index contributed by atoms with van der Waals surface area (Å²) in [6, 6.07) is 3.62. The van der Waals surface area contributed by atoms with E-state index in [0.717, 1.165) is 6.07 Å². The number of Topliss-reactive ketones (excluding diaryl/α,β-unsaturated/α-hetero) is 1. The first-order valence-corrected chi connectivity index (χ1v) is 7.82. The number of methoxy groups -OCH3 is 1. The third-order valence-corrected chi connectivity index (χ3v) is 4.13. The number of nitrogens with two attached hydrogens (primary N) is 1. The third kappa shape index (κ3) is 3.40. The van der Waals surface area contributed by atoms with Gasteiger partial charge in [-0.25, -0.2) is 18.4 Å². The normalized spacial score (nSPS) is 18.6. The summed E-state index contributed by atoms with van der Waals surface area (Å²) in [5.41, 5.74) is -0.0799. The van der Waals surface area contributed by atoms with Crippen molar-refractivity contribution < 1.29 is 27.5 Å². The van der Waals surface area contributed by atoms with Gasteiger partial charge in [0.2, 0.25) is 10.0 Å². The van der Waals surface area contributed by atoms with Crippen molar-refractivity contribution >= 4 is 21.8 Å². The van der Waals surface area contributed by atoms with Crippen molar-refractivity contribution in [1.29, 1.82) is 0 Å². The van der Waals surface area contributed by atoms with Crippen LogP contribution in [0.4, 0.5) is 0 Å². The van der Waals surface area contributed by atoms with Crippen molar-refractivity contribution in [3.05, 3.63) is 23.8 Å². The van der Waals surface area contributed by atoms with Gasteiger partial charge in [-0.05, 0) is 31.0 Å². The molecule has 0 heterocycles. The van der Waals surface area contributed by atoms with Gasteiger partial charge in [0, 0.05) is 6.42 Å². The minimum atomic E-state index is -3.95. The predicted octanol–water partition coefficient (Wildman–Crippen LogP) is 0.621. The Morgan fingerprint density at radius 2 is 2.10 bits per heavy atom. The second-order valence-corrected chi connectivity index (χ2v) is 6.22. The van der Waals surface area contributed by atoms with Gasteiger partial charge in [-0.3, -0.25) is 4.79 Å². The molecule has 0 amide bonds. The SMILES string of the molecule is COc1ccc(S(N)(=O)=O)cc1C(=O)O[C@@H]1CCCC1=O. The van der Waals surface area contributed by atoms with Crippen LogP contribution in [0.25, 0.3) is 0 Å². The van der Waals surface area contributed by atoms with E-state index in [1.165, 1.54) is 19.2 Å². The molecule has 2 rings (SSSR count). The molecule has 1 atom stereocenters. The molecule has 2 N–H and O–H groups in total. The second-order valence-electron chi connectivity index (χ2n) is 4.66. The van der Waals surface area contributed by atoms with Gasteiger partial charge in [0.25, 0.3) is 0 Å². The average Bonchev–Trinajstić information content (AvgIpc) is 2.82. The van der Waals surface area contributed by atoms with Crippen LogP contribution in [0.15, 0.2) is 23.1 Å². The highest BCUT2D eigenvalue weighted by atomic mass is 32.2. The van der Waals surface area contributed by atoms with Gasteiger partial charge in [0.1, 0.15) is 11.3 Å². The topological polar surface area (TPSA) is 113 Å². The molecule has 1 saturated carbocycles. The number of ketones is 1. The molecule has 8 heteroatoms. The minimum absolute atomic E-state index is 0.0799. The summed E-state index contributed by atoms with van der Waals surface area (Å²) < 4.78 is 32.8. The van der Waals surface area contributed by atoms with E-state index in [2.05, 4.69) is 0 Å². The van der Waals surface area contributed by atoms with E-state index in [1.54, 1.807) is 0 Å². The second kappa shape index (κ2) is 5.82. The fourth-order valence-electron chi connectivity index (χ4n) is 2.12. The number of hydrogen-bond donors (Lipinski definition) is 1. The van der Waals surface area contributed by atoms with Gasteiger partial charge in [0.05, 0.1) is 12.0 Å². The summed E-state index contributed by atoms with van der Waals surface area (Å²) in [7, 11) is -2.62. The summed E-state index contributed by atoms with van der Waals surface area (Å²) in [4.78, 5) is 23.4. The Kier molecular flexibility index (Phi) is 4.29. The molecule has 1 fully saturated rings. The van der Waals surface area contributed by atoms with E-state index in [-0.39, 0.29) is 22.0 Å². The monoisotopic (exact) mass is 313 g/mol. The first-order chi connectivity index (χ1) is 9.82. The van der Waals surface area contributed by atoms with E-state index in [4.69, 9.17) is 14.6 Å². The molecule has 0 radical (unpaired) electrons. The Balaban J connectivity index is 2.32. The molecule has 0 spiro atoms. The maximum Gasteiger partial charge on any atom is 0.342 e. The molecule has 0 saturated heterocycles. The van der Waals surface area contributed by atoms with Crippen LogP contribution in [0.3, 0.4) is 0 Å². The predicted molar refractivity (Wildman–Crippen MR) is 72.4 cm³/mol. The minimum Gasteiger partial charge on any atom is -0.496 e. The number of hydrogen-bond acceptors (Lipinski definition) is 6. The molecular formula is C13H15NO6S. The Morgan fingerprint density at radius 3 is 2.62 bits per heavy atom. The van der Waals surface area contributed by atoms with Crippen LogP contribution in [0.5, 0.6) is 5.75 Å². The summed E-state index contributed by atoms with van der Waals surface area (Å²) in [5.74, 6) is -0.791. The van der Waals surface area contributed by atoms with E-state index in [9.17, 15) is 18.0 Å². The summed E-state index contributed by atoms with van der Waals surface area (Å²) in [5, 5.41) is 5.03. The number of ether oxygens (including phenoxy) is 2. The lowest BCUT2D eigenvalue weighted by molar-refractivity contribution is -0.124. The lowest BCUT2D eigenvalue weighted by atomic mass is 10.2. The smallest absolute Gasteiger partial charge is 0.342 e. The van der Waals surface area contributed by atoms with E-state index in [0.29, 0.717) is 19.3 Å². The largest absolute Gasteiger partial charge is 0.496 e. The third-order valence-electron chi connectivity index (χ3n) is 3.22. The van der Waals surface area contributed by atoms with Crippen LogP contribution in [0, 0.1) is 0 Å². The highest BCUT2D eigenvalue weighted by molar-refractivity contribution is 7.89. The van der Waals surface area contributed by atoms with E-state index < -0.39 is 22.1 Å². The molecule has 114 valence electrons. The van der Waals surface area contributed by atoms with Gasteiger partial charge in [-0.1, -0.05) is 0 Å². The zero-order valence-electron chi connectivity index (χ0n) is 11.4. The van der Waals surface area contributed by atoms with Crippen molar-refractivity contribution in [1.82, 2.24) is 0 Å². The summed E-state index contributed by atoms with van der Waals surface area (Å²) in [6.07, 6.45) is 0.750. The zero-order valence-corrected chi connectivity index (χ0v) is 12.2. The summed E-state index contributed by atoms with van der Waals surface area (Å²) in [6.45, 7) is 0. The molecule has 1 aromatic carbocycles. The van der Waals surface area contributed by atoms with Crippen LogP contribution >= 0.6 is 0 Å². The molecule has 21 heavy (non-hydrogen) atoms. The van der Waals surface area contributed by atoms with Crippen LogP contribution < -0.4 is 9.88 Å². The van der Waals surface area contributed by atoms with Crippen LogP contribution in [0.1, 0.15) is 29.6 Å². The molecular weight excluding hydrogens is 298 g/mol. The quantitative estimate of drug-likeness (QED) is 0.815. The lowest BCUT2D eigenvalue weighted by Crippen LogP contribution is -2.22. The Hall–Kier alpha value is -1.93. The molecule has 0 bridgehead atoms. The zero-order chi connectivity index (χ0) is 15.6. The summed E-state index contributed by atoms with van der Waals surface area (Å²) >= 11 is 0. The van der Waals surface area contributed by atoms with Crippen molar-refractivity contribution in [3.8, 4) is 5.75 Å². The first kappa shape index (κ1) is 15.5. The number of primary sulfonamides is 1. The van der Waals surface area contributed by atoms with E-state index in [1.807, 2.05) is 0 Å². The Bertz CT molecular complexity index is 682. The van der Waals surface area contributed by atoms with Crippen LogP contribution in [-0.2, 0) is 19.6 Å². The lowest BCUT2D eigenvalue weighted by Gasteiger charge is -2.13. The highest BCUT2D eigenvalue weighted by Gasteiger charge is 2.29. The van der Waals surface area contributed by atoms with Gasteiger partial charge >= 0.3 is 5.97 Å². The van der Waals surface area contributed by atoms with Gasteiger partial charge in [-0.2, -0.15) is 0 Å². The number of rotatable bonds is 4. The number of carbonyl (C=O) groups excluding carboxylic acids is 2. The molecule has 7 nitrogen and oxygen atoms in total. The van der Waals surface area contributed by atoms with Crippen molar-refractivity contribution in [2.45, 2.75) is 30.3 Å². The maximum atomic E-state index is 12.1. The van der Waals surface area contributed by atoms with Crippen molar-refractivity contribution in [3.63, 3.8) is 0 Å². The number of sulfonamides is 1. The van der Waals surface area contributed by atoms with Crippen molar-refractivity contribution in [2.75, 3.05) is 7.11 Å². The molecule has 1 aliphatic carbocycles. The Morgan fingerprint density at radius 1 is 1.38 bits per heavy atom. The average molecular weight is 313 g/mol. The van der Waals surface area contributed by atoms with Gasteiger partial charge in [0.15, 0.2) is 11.9 Å². The fraction of sp³-hybridized carbons (Fsp3) is 0.385. The molecule has 0 aromatic heterocycles. The van der Waals surface area contributed by atoms with Gasteiger partial charge in [-0.15, -0.1) is 0 Å². The fourth-order valence-corrected chi connectivity index (χ4v) is 2.66. The van der Waals surface area contributed by atoms with Crippen LogP contribution in [0.2, 0.25) is 0 Å². The van der Waals surface area contributed by atoms with Crippen LogP contribution in [-0.4, -0.2) is 33.4 Å². The van der Waals surface area contributed by atoms with Crippen molar-refractivity contribution in [2.24, 2.45) is 5.14 Å². The molecule has 0 unspecified atom stereocenters. The first-order valence-electron chi connectivity index (χ1n) is 6.27. The number of carbonyl (C=O) groups is 2. The van der Waals surface area contributed by atoms with Gasteiger partial charge < -0.3 is 9.47 Å².